The number of nitrogens with two attached hydrogens (primary N) is 1. The Morgan fingerprint density at radius 2 is 2.43 bits per heavy atom. The van der Waals surface area contributed by atoms with Crippen LogP contribution in [0.5, 0.6) is 0 Å². The number of rotatable bonds is 1. The summed E-state index contributed by atoms with van der Waals surface area (Å²) < 4.78 is 0. The summed E-state index contributed by atoms with van der Waals surface area (Å²) >= 11 is 0. The average molecular weight is 192 g/mol. The van der Waals surface area contributed by atoms with Gasteiger partial charge in [0.15, 0.2) is 0 Å². The van der Waals surface area contributed by atoms with Crippen LogP contribution in [0, 0.1) is 5.92 Å². The van der Waals surface area contributed by atoms with Crippen molar-refractivity contribution in [3.63, 3.8) is 0 Å². The van der Waals surface area contributed by atoms with Gasteiger partial charge in [-0.2, -0.15) is 4.98 Å². The molecule has 2 rings (SSSR count). The Morgan fingerprint density at radius 1 is 1.57 bits per heavy atom. The second kappa shape index (κ2) is 3.82. The summed E-state index contributed by atoms with van der Waals surface area (Å²) in [5.41, 5.74) is 5.55. The van der Waals surface area contributed by atoms with Crippen LogP contribution in [0.3, 0.4) is 0 Å². The third kappa shape index (κ3) is 1.95. The monoisotopic (exact) mass is 192 g/mol. The van der Waals surface area contributed by atoms with Gasteiger partial charge in [0.2, 0.25) is 5.95 Å². The van der Waals surface area contributed by atoms with Gasteiger partial charge in [-0.25, -0.2) is 4.98 Å². The molecule has 0 bridgehead atoms. The van der Waals surface area contributed by atoms with E-state index in [9.17, 15) is 0 Å². The number of hydrogen-bond donors (Lipinski definition) is 1. The highest BCUT2D eigenvalue weighted by molar-refractivity contribution is 5.41. The minimum atomic E-state index is 0.362. The molecule has 1 aromatic rings. The van der Waals surface area contributed by atoms with Crippen molar-refractivity contribution in [2.45, 2.75) is 19.8 Å². The van der Waals surface area contributed by atoms with Crippen LogP contribution in [0.2, 0.25) is 0 Å². The lowest BCUT2D eigenvalue weighted by Crippen LogP contribution is -2.34. The van der Waals surface area contributed by atoms with Gasteiger partial charge in [0.25, 0.3) is 0 Å². The van der Waals surface area contributed by atoms with E-state index in [4.69, 9.17) is 5.73 Å². The SMILES string of the molecule is CC1CCCN(c2ccnc(N)n2)C1. The molecule has 0 aromatic carbocycles. The number of anilines is 2. The first kappa shape index (κ1) is 9.24. The van der Waals surface area contributed by atoms with E-state index in [0.29, 0.717) is 5.95 Å². The summed E-state index contributed by atoms with van der Waals surface area (Å²) in [5.74, 6) is 2.07. The molecule has 2 N–H and O–H groups in total. The third-order valence-corrected chi connectivity index (χ3v) is 2.64. The van der Waals surface area contributed by atoms with Crippen LogP contribution in [0.15, 0.2) is 12.3 Å². The first-order valence-electron chi connectivity index (χ1n) is 5.09. The van der Waals surface area contributed by atoms with Gasteiger partial charge in [-0.3, -0.25) is 0 Å². The van der Waals surface area contributed by atoms with Crippen LogP contribution in [0.25, 0.3) is 0 Å². The molecule has 1 unspecified atom stereocenters. The van der Waals surface area contributed by atoms with Crippen molar-refractivity contribution in [1.29, 1.82) is 0 Å². The molecule has 14 heavy (non-hydrogen) atoms. The maximum Gasteiger partial charge on any atom is 0.221 e. The lowest BCUT2D eigenvalue weighted by Gasteiger charge is -2.31. The number of hydrogen-bond acceptors (Lipinski definition) is 4. The van der Waals surface area contributed by atoms with E-state index in [0.717, 1.165) is 24.8 Å². The molecule has 1 aliphatic rings. The molecule has 1 fully saturated rings. The fraction of sp³-hybridized carbons (Fsp3) is 0.600. The minimum absolute atomic E-state index is 0.362. The Balaban J connectivity index is 2.14. The molecule has 0 aliphatic carbocycles. The van der Waals surface area contributed by atoms with Gasteiger partial charge >= 0.3 is 0 Å². The van der Waals surface area contributed by atoms with Crippen molar-refractivity contribution in [1.82, 2.24) is 9.97 Å². The maximum absolute atomic E-state index is 5.55. The highest BCUT2D eigenvalue weighted by Gasteiger charge is 2.17. The number of nitrogen functional groups attached to an aromatic ring is 1. The normalized spacial score (nSPS) is 22.4. The highest BCUT2D eigenvalue weighted by atomic mass is 15.2. The molecule has 4 heteroatoms. The lowest BCUT2D eigenvalue weighted by atomic mass is 10.0. The summed E-state index contributed by atoms with van der Waals surface area (Å²) in [6.07, 6.45) is 4.28. The average Bonchev–Trinajstić information content (AvgIpc) is 2.18. The van der Waals surface area contributed by atoms with Crippen molar-refractivity contribution < 1.29 is 0 Å². The van der Waals surface area contributed by atoms with Crippen molar-refractivity contribution in [2.24, 2.45) is 5.92 Å². The van der Waals surface area contributed by atoms with Crippen LogP contribution < -0.4 is 10.6 Å². The molecule has 1 aliphatic heterocycles. The maximum atomic E-state index is 5.55. The Hall–Kier alpha value is -1.32. The van der Waals surface area contributed by atoms with Crippen LogP contribution in [0.4, 0.5) is 11.8 Å². The van der Waals surface area contributed by atoms with E-state index in [1.54, 1.807) is 6.20 Å². The summed E-state index contributed by atoms with van der Waals surface area (Å²) in [6.45, 7) is 4.44. The van der Waals surface area contributed by atoms with Gasteiger partial charge in [0.1, 0.15) is 5.82 Å². The van der Waals surface area contributed by atoms with Gasteiger partial charge in [0, 0.05) is 19.3 Å². The van der Waals surface area contributed by atoms with E-state index in [1.165, 1.54) is 12.8 Å². The number of aromatic nitrogens is 2. The minimum Gasteiger partial charge on any atom is -0.368 e. The summed E-state index contributed by atoms with van der Waals surface area (Å²) in [7, 11) is 0. The zero-order valence-corrected chi connectivity index (χ0v) is 8.48. The smallest absolute Gasteiger partial charge is 0.221 e. The summed E-state index contributed by atoms with van der Waals surface area (Å²) in [6, 6.07) is 1.92. The van der Waals surface area contributed by atoms with Crippen LogP contribution in [0.1, 0.15) is 19.8 Å². The van der Waals surface area contributed by atoms with Crippen molar-refractivity contribution in [2.75, 3.05) is 23.7 Å². The van der Waals surface area contributed by atoms with Gasteiger partial charge in [0.05, 0.1) is 0 Å². The molecule has 4 nitrogen and oxygen atoms in total. The zero-order valence-electron chi connectivity index (χ0n) is 8.48. The van der Waals surface area contributed by atoms with Crippen LogP contribution >= 0.6 is 0 Å². The zero-order chi connectivity index (χ0) is 9.97. The first-order chi connectivity index (χ1) is 6.75. The molecule has 0 amide bonds. The molecule has 1 aromatic heterocycles. The van der Waals surface area contributed by atoms with Crippen LogP contribution in [-0.2, 0) is 0 Å². The Kier molecular flexibility index (Phi) is 2.52. The fourth-order valence-electron chi connectivity index (χ4n) is 1.94. The second-order valence-electron chi connectivity index (χ2n) is 3.97. The standard InChI is InChI=1S/C10H16N4/c1-8-3-2-6-14(7-8)9-4-5-12-10(11)13-9/h4-5,8H,2-3,6-7H2,1H3,(H2,11,12,13). The Bertz CT molecular complexity index is 313. The quantitative estimate of drug-likeness (QED) is 0.728. The molecule has 76 valence electrons. The van der Waals surface area contributed by atoms with Crippen molar-refractivity contribution in [3.8, 4) is 0 Å². The fourth-order valence-corrected chi connectivity index (χ4v) is 1.94. The topological polar surface area (TPSA) is 55.0 Å². The van der Waals surface area contributed by atoms with Crippen molar-refractivity contribution in [3.05, 3.63) is 12.3 Å². The van der Waals surface area contributed by atoms with Crippen LogP contribution in [-0.4, -0.2) is 23.1 Å². The van der Waals surface area contributed by atoms with Crippen molar-refractivity contribution >= 4 is 11.8 Å². The van der Waals surface area contributed by atoms with Gasteiger partial charge < -0.3 is 10.6 Å². The molecule has 1 atom stereocenters. The van der Waals surface area contributed by atoms with E-state index in [2.05, 4.69) is 21.8 Å². The summed E-state index contributed by atoms with van der Waals surface area (Å²) in [4.78, 5) is 10.4. The van der Waals surface area contributed by atoms with E-state index >= 15 is 0 Å². The summed E-state index contributed by atoms with van der Waals surface area (Å²) in [5, 5.41) is 0. The second-order valence-corrected chi connectivity index (χ2v) is 3.97. The molecule has 0 saturated carbocycles. The molecular formula is C10H16N4. The molecule has 1 saturated heterocycles. The van der Waals surface area contributed by atoms with Gasteiger partial charge in [-0.05, 0) is 24.8 Å². The third-order valence-electron chi connectivity index (χ3n) is 2.64. The Labute approximate surface area is 84.2 Å². The predicted molar refractivity (Wildman–Crippen MR) is 57.1 cm³/mol. The number of piperidine rings is 1. The Morgan fingerprint density at radius 3 is 3.14 bits per heavy atom. The van der Waals surface area contributed by atoms with E-state index < -0.39 is 0 Å². The molecular weight excluding hydrogens is 176 g/mol. The highest BCUT2D eigenvalue weighted by Crippen LogP contribution is 2.20. The first-order valence-corrected chi connectivity index (χ1v) is 5.09. The molecule has 0 spiro atoms. The van der Waals surface area contributed by atoms with Gasteiger partial charge in [-0.15, -0.1) is 0 Å². The largest absolute Gasteiger partial charge is 0.368 e. The van der Waals surface area contributed by atoms with E-state index in [-0.39, 0.29) is 0 Å². The predicted octanol–water partition coefficient (Wildman–Crippen LogP) is 1.30. The molecule has 2 heterocycles. The van der Waals surface area contributed by atoms with E-state index in [1.807, 2.05) is 6.07 Å². The van der Waals surface area contributed by atoms with Gasteiger partial charge in [-0.1, -0.05) is 6.92 Å². The molecule has 0 radical (unpaired) electrons. The lowest BCUT2D eigenvalue weighted by molar-refractivity contribution is 0.444. The number of nitrogens with zero attached hydrogens (tertiary/aromatic N) is 3.